The first-order chi connectivity index (χ1) is 14.3. The van der Waals surface area contributed by atoms with Crippen LogP contribution >= 0.6 is 23.4 Å². The van der Waals surface area contributed by atoms with Crippen molar-refractivity contribution in [2.75, 3.05) is 4.72 Å². The number of aromatic nitrogens is 4. The highest BCUT2D eigenvalue weighted by molar-refractivity contribution is 7.99. The van der Waals surface area contributed by atoms with Crippen molar-refractivity contribution in [2.45, 2.75) is 35.1 Å². The smallest absolute Gasteiger partial charge is 0.261 e. The Morgan fingerprint density at radius 2 is 1.77 bits per heavy atom. The molecule has 30 heavy (non-hydrogen) atoms. The van der Waals surface area contributed by atoms with Gasteiger partial charge in [0.1, 0.15) is 10.9 Å². The molecule has 7 nitrogen and oxygen atoms in total. The van der Waals surface area contributed by atoms with E-state index in [0.717, 1.165) is 22.0 Å². The van der Waals surface area contributed by atoms with Crippen LogP contribution in [0.5, 0.6) is 0 Å². The number of anilines is 1. The molecule has 0 saturated heterocycles. The number of aryl methyl sites for hydroxylation is 2. The summed E-state index contributed by atoms with van der Waals surface area (Å²) in [4.78, 5) is 9.94. The monoisotopic (exact) mass is 459 g/mol. The van der Waals surface area contributed by atoms with Crippen LogP contribution in [0.3, 0.4) is 0 Å². The fourth-order valence-electron chi connectivity index (χ4n) is 2.78. The van der Waals surface area contributed by atoms with Crippen LogP contribution in [0.1, 0.15) is 18.4 Å². The van der Waals surface area contributed by atoms with Crippen LogP contribution in [0.2, 0.25) is 5.02 Å². The van der Waals surface area contributed by atoms with Gasteiger partial charge in [-0.25, -0.2) is 13.4 Å². The van der Waals surface area contributed by atoms with Gasteiger partial charge in [-0.3, -0.25) is 4.72 Å². The third kappa shape index (κ3) is 4.43. The zero-order valence-corrected chi connectivity index (χ0v) is 18.6. The van der Waals surface area contributed by atoms with Crippen molar-refractivity contribution in [3.63, 3.8) is 0 Å². The van der Waals surface area contributed by atoms with Crippen molar-refractivity contribution in [2.24, 2.45) is 0 Å². The number of nitrogens with one attached hydrogen (secondary N) is 1. The molecule has 2 heterocycles. The zero-order chi connectivity index (χ0) is 21.3. The number of fused-ring (bicyclic) bond motifs is 1. The van der Waals surface area contributed by atoms with Crippen molar-refractivity contribution in [1.82, 2.24) is 19.6 Å². The summed E-state index contributed by atoms with van der Waals surface area (Å²) in [7, 11) is -3.68. The Balaban J connectivity index is 1.56. The second-order valence-corrected chi connectivity index (χ2v) is 9.71. The fourth-order valence-corrected chi connectivity index (χ4v) is 4.88. The standard InChI is InChI=1S/C20H18ClN5O2S2/c1-3-15-12-19(26-20(23-15)22-13(2)24-26)29-17-8-6-16(7-9-17)25-30(27,28)18-10-4-14(21)5-11-18/h4-12,25H,3H2,1-2H3. The molecule has 0 bridgehead atoms. The SMILES string of the molecule is CCc1cc(Sc2ccc(NS(=O)(=O)c3ccc(Cl)cc3)cc2)n2nc(C)nc2n1. The average molecular weight is 460 g/mol. The molecule has 0 saturated carbocycles. The molecule has 0 fully saturated rings. The maximum absolute atomic E-state index is 12.5. The molecule has 0 radical (unpaired) electrons. The maximum Gasteiger partial charge on any atom is 0.261 e. The molecule has 2 aromatic heterocycles. The van der Waals surface area contributed by atoms with Gasteiger partial charge in [0.05, 0.1) is 4.90 Å². The molecule has 0 spiro atoms. The van der Waals surface area contributed by atoms with E-state index < -0.39 is 10.0 Å². The summed E-state index contributed by atoms with van der Waals surface area (Å²) in [5.41, 5.74) is 1.41. The fraction of sp³-hybridized carbons (Fsp3) is 0.150. The predicted molar refractivity (Wildman–Crippen MR) is 118 cm³/mol. The van der Waals surface area contributed by atoms with E-state index in [1.807, 2.05) is 32.0 Å². The first-order valence-corrected chi connectivity index (χ1v) is 11.8. The Bertz CT molecular complexity index is 1300. The molecule has 4 aromatic rings. The normalized spacial score (nSPS) is 11.7. The number of halogens is 1. The Labute approximate surface area is 183 Å². The van der Waals surface area contributed by atoms with Gasteiger partial charge in [-0.2, -0.15) is 9.50 Å². The third-order valence-corrected chi connectivity index (χ3v) is 6.91. The lowest BCUT2D eigenvalue weighted by Gasteiger charge is -2.10. The quantitative estimate of drug-likeness (QED) is 0.424. The summed E-state index contributed by atoms with van der Waals surface area (Å²) in [6, 6.07) is 15.2. The number of hydrogen-bond acceptors (Lipinski definition) is 6. The first kappa shape index (κ1) is 20.6. The Morgan fingerprint density at radius 3 is 2.43 bits per heavy atom. The maximum atomic E-state index is 12.5. The summed E-state index contributed by atoms with van der Waals surface area (Å²) in [5.74, 6) is 1.23. The van der Waals surface area contributed by atoms with Crippen LogP contribution in [0.4, 0.5) is 5.69 Å². The van der Waals surface area contributed by atoms with E-state index in [1.54, 1.807) is 28.8 Å². The van der Waals surface area contributed by atoms with E-state index >= 15 is 0 Å². The lowest BCUT2D eigenvalue weighted by Crippen LogP contribution is -2.12. The van der Waals surface area contributed by atoms with Gasteiger partial charge in [-0.1, -0.05) is 30.3 Å². The van der Waals surface area contributed by atoms with Gasteiger partial charge >= 0.3 is 0 Å². The van der Waals surface area contributed by atoms with Gasteiger partial charge in [0, 0.05) is 21.3 Å². The summed E-state index contributed by atoms with van der Waals surface area (Å²) in [5, 5.41) is 5.79. The molecule has 0 atom stereocenters. The number of nitrogens with zero attached hydrogens (tertiary/aromatic N) is 4. The van der Waals surface area contributed by atoms with E-state index in [-0.39, 0.29) is 4.90 Å². The first-order valence-electron chi connectivity index (χ1n) is 9.13. The lowest BCUT2D eigenvalue weighted by atomic mass is 10.3. The zero-order valence-electron chi connectivity index (χ0n) is 16.2. The van der Waals surface area contributed by atoms with Crippen molar-refractivity contribution >= 4 is 44.9 Å². The molecule has 154 valence electrons. The number of rotatable bonds is 6. The average Bonchev–Trinajstić information content (AvgIpc) is 3.10. The molecule has 1 N–H and O–H groups in total. The van der Waals surface area contributed by atoms with Crippen LogP contribution in [-0.4, -0.2) is 28.0 Å². The van der Waals surface area contributed by atoms with Crippen LogP contribution in [0.25, 0.3) is 5.78 Å². The van der Waals surface area contributed by atoms with Gasteiger partial charge in [0.15, 0.2) is 0 Å². The number of hydrogen-bond donors (Lipinski definition) is 1. The van der Waals surface area contributed by atoms with E-state index in [4.69, 9.17) is 11.6 Å². The number of benzene rings is 2. The van der Waals surface area contributed by atoms with Crippen molar-refractivity contribution < 1.29 is 8.42 Å². The van der Waals surface area contributed by atoms with Gasteiger partial charge in [-0.15, -0.1) is 5.10 Å². The molecular weight excluding hydrogens is 442 g/mol. The van der Waals surface area contributed by atoms with Crippen LogP contribution < -0.4 is 4.72 Å². The minimum Gasteiger partial charge on any atom is -0.280 e. The Morgan fingerprint density at radius 1 is 1.07 bits per heavy atom. The second-order valence-electron chi connectivity index (χ2n) is 6.50. The molecule has 0 amide bonds. The molecule has 10 heteroatoms. The van der Waals surface area contributed by atoms with E-state index in [0.29, 0.717) is 22.3 Å². The number of sulfonamides is 1. The van der Waals surface area contributed by atoms with Gasteiger partial charge < -0.3 is 0 Å². The molecule has 0 aliphatic heterocycles. The summed E-state index contributed by atoms with van der Waals surface area (Å²) in [6.07, 6.45) is 0.793. The van der Waals surface area contributed by atoms with Crippen molar-refractivity contribution in [3.05, 3.63) is 71.1 Å². The lowest BCUT2D eigenvalue weighted by molar-refractivity contribution is 0.601. The van der Waals surface area contributed by atoms with E-state index in [9.17, 15) is 8.42 Å². The highest BCUT2D eigenvalue weighted by Gasteiger charge is 2.14. The predicted octanol–water partition coefficient (Wildman–Crippen LogP) is 4.60. The topological polar surface area (TPSA) is 89.2 Å². The third-order valence-electron chi connectivity index (χ3n) is 4.25. The summed E-state index contributed by atoms with van der Waals surface area (Å²) >= 11 is 7.34. The second kappa shape index (κ2) is 8.25. The molecule has 0 aliphatic rings. The van der Waals surface area contributed by atoms with Crippen molar-refractivity contribution in [1.29, 1.82) is 0 Å². The summed E-state index contributed by atoms with van der Waals surface area (Å²) in [6.45, 7) is 3.87. The highest BCUT2D eigenvalue weighted by atomic mass is 35.5. The van der Waals surface area contributed by atoms with Gasteiger partial charge in [0.2, 0.25) is 0 Å². The molecule has 2 aromatic carbocycles. The van der Waals surface area contributed by atoms with Crippen molar-refractivity contribution in [3.8, 4) is 0 Å². The largest absolute Gasteiger partial charge is 0.280 e. The van der Waals surface area contributed by atoms with Gasteiger partial charge in [-0.05, 0) is 67.9 Å². The van der Waals surface area contributed by atoms with E-state index in [2.05, 4.69) is 19.8 Å². The van der Waals surface area contributed by atoms with Crippen LogP contribution in [-0.2, 0) is 16.4 Å². The minimum absolute atomic E-state index is 0.151. The molecule has 4 rings (SSSR count). The summed E-state index contributed by atoms with van der Waals surface area (Å²) < 4.78 is 29.3. The van der Waals surface area contributed by atoms with Crippen LogP contribution in [0.15, 0.2) is 69.4 Å². The Kier molecular flexibility index (Phi) is 5.68. The molecule has 0 aliphatic carbocycles. The van der Waals surface area contributed by atoms with E-state index in [1.165, 1.54) is 23.9 Å². The highest BCUT2D eigenvalue weighted by Crippen LogP contribution is 2.29. The molecule has 0 unspecified atom stereocenters. The molecular formula is C20H18ClN5O2S2. The Hall–Kier alpha value is -2.62. The van der Waals surface area contributed by atoms with Crippen LogP contribution in [0, 0.1) is 6.92 Å². The van der Waals surface area contributed by atoms with Gasteiger partial charge in [0.25, 0.3) is 15.8 Å². The minimum atomic E-state index is -3.68.